The summed E-state index contributed by atoms with van der Waals surface area (Å²) in [5.74, 6) is -0.169. The zero-order valence-corrected chi connectivity index (χ0v) is 11.2. The number of ether oxygens (including phenoxy) is 1. The van der Waals surface area contributed by atoms with Crippen LogP contribution >= 0.6 is 0 Å². The standard InChI is InChI=1S/C12H22F2N2O2/c1-4-15-12(9-5-6-9,11(17)18-3)8-16(2)7-10(13)14/h9-10,15H,4-8H2,1-3H3. The van der Waals surface area contributed by atoms with E-state index in [0.717, 1.165) is 12.8 Å². The van der Waals surface area contributed by atoms with Gasteiger partial charge in [-0.3, -0.25) is 4.90 Å². The molecule has 0 aromatic rings. The molecule has 0 bridgehead atoms. The lowest BCUT2D eigenvalue weighted by atomic mass is 9.92. The van der Waals surface area contributed by atoms with Crippen molar-refractivity contribution in [2.45, 2.75) is 31.7 Å². The highest BCUT2D eigenvalue weighted by atomic mass is 19.3. The third-order valence-corrected chi connectivity index (χ3v) is 3.29. The second kappa shape index (κ2) is 6.43. The average Bonchev–Trinajstić information content (AvgIpc) is 3.10. The third-order valence-electron chi connectivity index (χ3n) is 3.29. The molecule has 1 aliphatic carbocycles. The average molecular weight is 264 g/mol. The first kappa shape index (κ1) is 15.3. The minimum atomic E-state index is -2.40. The fourth-order valence-corrected chi connectivity index (χ4v) is 2.43. The Morgan fingerprint density at radius 1 is 1.56 bits per heavy atom. The number of carbonyl (C=O) groups excluding carboxylic acids is 1. The zero-order chi connectivity index (χ0) is 13.8. The Kier molecular flexibility index (Phi) is 5.47. The number of methoxy groups -OCH3 is 1. The number of halogens is 2. The van der Waals surface area contributed by atoms with Crippen LogP contribution in [-0.4, -0.2) is 56.6 Å². The summed E-state index contributed by atoms with van der Waals surface area (Å²) in [5.41, 5.74) is -0.840. The van der Waals surface area contributed by atoms with Crippen molar-refractivity contribution in [2.75, 3.05) is 33.8 Å². The Balaban J connectivity index is 2.78. The van der Waals surface area contributed by atoms with E-state index in [9.17, 15) is 13.6 Å². The first-order chi connectivity index (χ1) is 8.46. The summed E-state index contributed by atoms with van der Waals surface area (Å²) in [7, 11) is 2.94. The van der Waals surface area contributed by atoms with Gasteiger partial charge in [-0.25, -0.2) is 13.6 Å². The maximum atomic E-state index is 12.4. The van der Waals surface area contributed by atoms with Crippen molar-refractivity contribution in [1.82, 2.24) is 10.2 Å². The van der Waals surface area contributed by atoms with Crippen molar-refractivity contribution in [2.24, 2.45) is 5.92 Å². The van der Waals surface area contributed by atoms with Gasteiger partial charge in [-0.2, -0.15) is 0 Å². The van der Waals surface area contributed by atoms with Crippen LogP contribution in [0.2, 0.25) is 0 Å². The summed E-state index contributed by atoms with van der Waals surface area (Å²) in [6.07, 6.45) is -0.527. The summed E-state index contributed by atoms with van der Waals surface area (Å²) >= 11 is 0. The number of nitrogens with one attached hydrogen (secondary N) is 1. The van der Waals surface area contributed by atoms with E-state index in [1.165, 1.54) is 12.0 Å². The van der Waals surface area contributed by atoms with Crippen molar-refractivity contribution in [3.63, 3.8) is 0 Å². The predicted octanol–water partition coefficient (Wildman–Crippen LogP) is 1.11. The number of nitrogens with zero attached hydrogens (tertiary/aromatic N) is 1. The van der Waals surface area contributed by atoms with Crippen LogP contribution in [0.3, 0.4) is 0 Å². The Morgan fingerprint density at radius 3 is 2.56 bits per heavy atom. The van der Waals surface area contributed by atoms with Crippen molar-refractivity contribution in [3.05, 3.63) is 0 Å². The molecule has 0 spiro atoms. The van der Waals surface area contributed by atoms with Gasteiger partial charge in [0.15, 0.2) is 0 Å². The van der Waals surface area contributed by atoms with Crippen LogP contribution in [0.25, 0.3) is 0 Å². The van der Waals surface area contributed by atoms with Crippen molar-refractivity contribution >= 4 is 5.97 Å². The van der Waals surface area contributed by atoms with Crippen LogP contribution in [0.4, 0.5) is 8.78 Å². The molecule has 0 radical (unpaired) electrons. The van der Waals surface area contributed by atoms with Crippen LogP contribution in [0.15, 0.2) is 0 Å². The summed E-state index contributed by atoms with van der Waals surface area (Å²) < 4.78 is 29.6. The molecule has 1 atom stereocenters. The van der Waals surface area contributed by atoms with Crippen LogP contribution in [-0.2, 0) is 9.53 Å². The molecule has 4 nitrogen and oxygen atoms in total. The Hall–Kier alpha value is -0.750. The highest BCUT2D eigenvalue weighted by Crippen LogP contribution is 2.41. The van der Waals surface area contributed by atoms with Crippen molar-refractivity contribution in [1.29, 1.82) is 0 Å². The van der Waals surface area contributed by atoms with Crippen molar-refractivity contribution < 1.29 is 18.3 Å². The summed E-state index contributed by atoms with van der Waals surface area (Å²) in [6, 6.07) is 0. The lowest BCUT2D eigenvalue weighted by Gasteiger charge is -2.35. The number of hydrogen-bond donors (Lipinski definition) is 1. The molecule has 1 unspecified atom stereocenters. The molecule has 1 N–H and O–H groups in total. The molecule has 6 heteroatoms. The molecular formula is C12H22F2N2O2. The predicted molar refractivity (Wildman–Crippen MR) is 64.6 cm³/mol. The van der Waals surface area contributed by atoms with E-state index in [2.05, 4.69) is 5.32 Å². The van der Waals surface area contributed by atoms with Gasteiger partial charge in [-0.1, -0.05) is 6.92 Å². The second-order valence-corrected chi connectivity index (χ2v) is 4.86. The van der Waals surface area contributed by atoms with E-state index in [1.54, 1.807) is 7.05 Å². The molecule has 0 aromatic heterocycles. The minimum absolute atomic E-state index is 0.185. The van der Waals surface area contributed by atoms with Crippen LogP contribution in [0.5, 0.6) is 0 Å². The van der Waals surface area contributed by atoms with E-state index < -0.39 is 12.0 Å². The van der Waals surface area contributed by atoms with Gasteiger partial charge in [0, 0.05) is 6.54 Å². The minimum Gasteiger partial charge on any atom is -0.468 e. The van der Waals surface area contributed by atoms with Crippen LogP contribution in [0, 0.1) is 5.92 Å². The molecule has 106 valence electrons. The molecule has 0 saturated heterocycles. The largest absolute Gasteiger partial charge is 0.468 e. The van der Waals surface area contributed by atoms with Gasteiger partial charge in [0.25, 0.3) is 6.43 Å². The number of alkyl halides is 2. The summed E-state index contributed by atoms with van der Waals surface area (Å²) in [6.45, 7) is 2.42. The quantitative estimate of drug-likeness (QED) is 0.667. The smallest absolute Gasteiger partial charge is 0.327 e. The lowest BCUT2D eigenvalue weighted by molar-refractivity contribution is -0.150. The maximum absolute atomic E-state index is 12.4. The molecule has 1 rings (SSSR count). The van der Waals surface area contributed by atoms with Crippen LogP contribution in [0.1, 0.15) is 19.8 Å². The lowest BCUT2D eigenvalue weighted by Crippen LogP contribution is -2.61. The molecule has 0 aliphatic heterocycles. The fourth-order valence-electron chi connectivity index (χ4n) is 2.43. The summed E-state index contributed by atoms with van der Waals surface area (Å²) in [4.78, 5) is 13.5. The van der Waals surface area contributed by atoms with Crippen LogP contribution < -0.4 is 5.32 Å². The summed E-state index contributed by atoms with van der Waals surface area (Å²) in [5, 5.41) is 3.15. The van der Waals surface area contributed by atoms with E-state index in [-0.39, 0.29) is 25.0 Å². The number of rotatable bonds is 8. The van der Waals surface area contributed by atoms with Gasteiger partial charge < -0.3 is 10.1 Å². The van der Waals surface area contributed by atoms with Gasteiger partial charge in [-0.05, 0) is 32.4 Å². The number of hydrogen-bond acceptors (Lipinski definition) is 4. The molecule has 0 amide bonds. The molecule has 0 aromatic carbocycles. The second-order valence-electron chi connectivity index (χ2n) is 4.86. The molecule has 0 heterocycles. The topological polar surface area (TPSA) is 41.6 Å². The molecule has 1 saturated carbocycles. The maximum Gasteiger partial charge on any atom is 0.327 e. The normalized spacial score (nSPS) is 19.1. The zero-order valence-electron chi connectivity index (χ0n) is 11.2. The van der Waals surface area contributed by atoms with Gasteiger partial charge in [-0.15, -0.1) is 0 Å². The number of likely N-dealkylation sites (N-methyl/N-ethyl adjacent to an activating group) is 2. The molecule has 1 aliphatic rings. The SMILES string of the molecule is CCNC(CN(C)CC(F)F)(C(=O)OC)C1CC1. The fraction of sp³-hybridized carbons (Fsp3) is 0.917. The van der Waals surface area contributed by atoms with E-state index in [1.807, 2.05) is 6.92 Å². The van der Waals surface area contributed by atoms with Gasteiger partial charge in [0.1, 0.15) is 5.54 Å². The van der Waals surface area contributed by atoms with E-state index in [4.69, 9.17) is 4.74 Å². The highest BCUT2D eigenvalue weighted by molar-refractivity contribution is 5.82. The number of carbonyl (C=O) groups is 1. The van der Waals surface area contributed by atoms with Gasteiger partial charge >= 0.3 is 5.97 Å². The number of esters is 1. The Bertz CT molecular complexity index is 285. The van der Waals surface area contributed by atoms with E-state index >= 15 is 0 Å². The molecule has 18 heavy (non-hydrogen) atoms. The Morgan fingerprint density at radius 2 is 2.17 bits per heavy atom. The first-order valence-corrected chi connectivity index (χ1v) is 6.26. The van der Waals surface area contributed by atoms with Gasteiger partial charge in [0.05, 0.1) is 13.7 Å². The van der Waals surface area contributed by atoms with E-state index in [0.29, 0.717) is 6.54 Å². The third kappa shape index (κ3) is 3.62. The highest BCUT2D eigenvalue weighted by Gasteiger charge is 2.52. The first-order valence-electron chi connectivity index (χ1n) is 6.26. The van der Waals surface area contributed by atoms with Crippen molar-refractivity contribution in [3.8, 4) is 0 Å². The van der Waals surface area contributed by atoms with Gasteiger partial charge in [0.2, 0.25) is 0 Å². The molecular weight excluding hydrogens is 242 g/mol. The monoisotopic (exact) mass is 264 g/mol. The Labute approximate surface area is 107 Å². The molecule has 1 fully saturated rings.